The maximum absolute atomic E-state index is 15.3. The molecule has 0 fully saturated rings. The molecule has 0 aromatic heterocycles. The van der Waals surface area contributed by atoms with Crippen LogP contribution in [0, 0.1) is 0 Å². The fourth-order valence-electron chi connectivity index (χ4n) is 15.1. The molecule has 0 saturated carbocycles. The molecule has 7 rings (SSSR count). The first-order valence-electron chi connectivity index (χ1n) is 46.4. The molecule has 0 spiro atoms. The van der Waals surface area contributed by atoms with Crippen molar-refractivity contribution in [2.24, 2.45) is 22.9 Å². The number of nitrogens with two attached hydrogens (primary N) is 4. The molecule has 0 saturated heterocycles. The Balaban J connectivity index is 1.15. The number of benzene rings is 7. The summed E-state index contributed by atoms with van der Waals surface area (Å²) in [5, 5.41) is 77.0. The van der Waals surface area contributed by atoms with Crippen molar-refractivity contribution in [3.05, 3.63) is 245 Å². The predicted octanol–water partition coefficient (Wildman–Crippen LogP) is 0.294. The van der Waals surface area contributed by atoms with Gasteiger partial charge in [0.05, 0.1) is 6.42 Å². The molecule has 0 aliphatic carbocycles. The zero-order valence-electron chi connectivity index (χ0n) is 78.1. The minimum Gasteiger partial charge on any atom is -0.508 e. The summed E-state index contributed by atoms with van der Waals surface area (Å²) in [5.74, 6) is -19.3. The Hall–Kier alpha value is -15.3. The summed E-state index contributed by atoms with van der Waals surface area (Å²) in [6.07, 6.45) is -4.64. The lowest BCUT2D eigenvalue weighted by molar-refractivity contribution is -0.142. The molecular formula is C100H128N18O22. The number of carbonyl (C=O) groups excluding carboxylic acids is 15. The molecule has 7 aromatic carbocycles. The van der Waals surface area contributed by atoms with Gasteiger partial charge in [-0.1, -0.05) is 194 Å². The summed E-state index contributed by atoms with van der Waals surface area (Å²) in [6, 6.07) is 33.3. The first-order chi connectivity index (χ1) is 67.1. The summed E-state index contributed by atoms with van der Waals surface area (Å²) in [7, 11) is 0. The van der Waals surface area contributed by atoms with E-state index >= 15 is 28.8 Å². The normalized spacial score (nSPS) is 14.0. The molecule has 140 heavy (non-hydrogen) atoms. The van der Waals surface area contributed by atoms with Crippen LogP contribution in [0.5, 0.6) is 5.75 Å². The van der Waals surface area contributed by atoms with Crippen LogP contribution in [0.15, 0.2) is 206 Å². The van der Waals surface area contributed by atoms with Crippen LogP contribution in [0.4, 0.5) is 0 Å². The Labute approximate surface area is 810 Å². The molecule has 26 N–H and O–H groups in total. The number of phenolic OH excluding ortho intramolecular Hbond substituents is 1. The number of unbranched alkanes of at least 4 members (excludes halogenated alkanes) is 3. The van der Waals surface area contributed by atoms with E-state index in [0.717, 1.165) is 0 Å². The predicted molar refractivity (Wildman–Crippen MR) is 515 cm³/mol. The fraction of sp³-hybridized carbons (Fsp3) is 0.400. The number of carboxylic acids is 3. The van der Waals surface area contributed by atoms with Crippen molar-refractivity contribution in [3.8, 4) is 5.75 Å². The number of nitrogens with one attached hydrogen (secondary N) is 14. The van der Waals surface area contributed by atoms with Crippen molar-refractivity contribution in [1.82, 2.24) is 74.4 Å². The Morgan fingerprint density at radius 3 is 0.671 bits per heavy atom. The highest BCUT2D eigenvalue weighted by Gasteiger charge is 2.40. The average Bonchev–Trinajstić information content (AvgIpc) is 0.840. The fourth-order valence-corrected chi connectivity index (χ4v) is 15.1. The highest BCUT2D eigenvalue weighted by molar-refractivity contribution is 6.01. The van der Waals surface area contributed by atoms with Gasteiger partial charge in [-0.05, 0) is 148 Å². The van der Waals surface area contributed by atoms with Crippen molar-refractivity contribution in [3.63, 3.8) is 0 Å². The molecule has 7 aromatic rings. The highest BCUT2D eigenvalue weighted by Crippen LogP contribution is 2.19. The Kier molecular flexibility index (Phi) is 47.6. The summed E-state index contributed by atoms with van der Waals surface area (Å²) in [4.78, 5) is 255. The SMILES string of the molecule is CC(=O)NC(C)C(=O)NC(Cc1ccccc1)C(=O)NC(Cc1ccc(O)cc1)C(=O)NC(CC(=O)O)C(=O)NC(CCCCN)C(=O)NC(Cc1ccccc1)C(=O)NC(Cc1ccccc1)C(=O)NC(CCC(=O)O)C(=O)NC(CCCCN)C(=O)NC(Cc1ccccc1)C(=O)NC(CCCCN)C(=O)NC(CCC(=O)O)C(=O)NC(Cc1ccccc1)C(=O)NC(Cc1ccccc1)C(N)=O. The second-order valence-electron chi connectivity index (χ2n) is 33.9. The van der Waals surface area contributed by atoms with E-state index in [-0.39, 0.29) is 122 Å². The van der Waals surface area contributed by atoms with Gasteiger partial charge in [-0.2, -0.15) is 0 Å². The van der Waals surface area contributed by atoms with Crippen molar-refractivity contribution in [2.45, 2.75) is 233 Å². The Bertz CT molecular complexity index is 5250. The van der Waals surface area contributed by atoms with Crippen LogP contribution in [-0.2, 0) is 131 Å². The topological polar surface area (TPSA) is 661 Å². The molecule has 14 atom stereocenters. The van der Waals surface area contributed by atoms with Gasteiger partial charge in [-0.3, -0.25) is 86.3 Å². The second-order valence-corrected chi connectivity index (χ2v) is 33.9. The van der Waals surface area contributed by atoms with Crippen molar-refractivity contribution in [1.29, 1.82) is 0 Å². The summed E-state index contributed by atoms with van der Waals surface area (Å²) >= 11 is 0. The highest BCUT2D eigenvalue weighted by atomic mass is 16.4. The van der Waals surface area contributed by atoms with Crippen LogP contribution in [0.1, 0.15) is 143 Å². The average molecular weight is 1930 g/mol. The van der Waals surface area contributed by atoms with E-state index < -0.39 is 223 Å². The van der Waals surface area contributed by atoms with E-state index in [2.05, 4.69) is 74.4 Å². The lowest BCUT2D eigenvalue weighted by Crippen LogP contribution is -2.61. The van der Waals surface area contributed by atoms with E-state index in [4.69, 9.17) is 22.9 Å². The van der Waals surface area contributed by atoms with Crippen LogP contribution in [-0.4, -0.2) is 231 Å². The number of aromatic hydroxyl groups is 1. The third-order valence-electron chi connectivity index (χ3n) is 22.7. The van der Waals surface area contributed by atoms with Gasteiger partial charge in [-0.25, -0.2) is 0 Å². The van der Waals surface area contributed by atoms with Gasteiger partial charge in [0.25, 0.3) is 0 Å². The first kappa shape index (κ1) is 112. The quantitative estimate of drug-likeness (QED) is 0.0228. The maximum Gasteiger partial charge on any atom is 0.305 e. The number of hydrogen-bond donors (Lipinski definition) is 22. The standard InChI is InChI=1S/C100H128N18O22/c1-61(105-62(2)119)88(128)112-77(54-64-29-11-4-12-30-64)97(137)117-82(59-69-42-44-70(120)45-43-69)99(139)118-83(60-86(125)126)100(140)108-73(41-23-26-52-103)91(131)114-81(58-68-37-19-8-20-38-68)98(138)116-79(56-66-33-15-6-16-34-66)95(135)110-74(46-48-84(121)122)92(132)106-72(40-22-25-51-102)90(130)113-78(55-65-31-13-5-14-32-65)94(134)107-71(39-21-24-50-101)89(129)109-75(47-49-85(123)124)93(133)115-80(57-67-35-17-7-18-36-67)96(136)111-76(87(104)127)53-63-27-9-3-10-28-63/h3-20,27-38,42-45,61,71-83,120H,21-26,39-41,46-60,101-103H2,1-2H3,(H2,104,127)(H,105,119)(H,106,132)(H,107,134)(H,108,140)(H,109,129)(H,110,135)(H,111,136)(H,112,128)(H,113,130)(H,114,131)(H,115,133)(H,116,138)(H,117,137)(H,118,139)(H,121,122)(H,123,124)(H,125,126). The van der Waals surface area contributed by atoms with E-state index in [1.165, 1.54) is 38.1 Å². The van der Waals surface area contributed by atoms with E-state index in [9.17, 15) is 78.0 Å². The van der Waals surface area contributed by atoms with Gasteiger partial charge in [0.15, 0.2) is 0 Å². The minimum atomic E-state index is -2.01. The number of phenols is 1. The lowest BCUT2D eigenvalue weighted by atomic mass is 10.0. The number of carboxylic acid groups (broad SMARTS) is 3. The molecule has 0 aliphatic rings. The van der Waals surface area contributed by atoms with Crippen LogP contribution in [0.2, 0.25) is 0 Å². The van der Waals surface area contributed by atoms with Crippen molar-refractivity contribution in [2.75, 3.05) is 19.6 Å². The Morgan fingerprint density at radius 2 is 0.443 bits per heavy atom. The first-order valence-corrected chi connectivity index (χ1v) is 46.4. The molecule has 40 heteroatoms. The van der Waals surface area contributed by atoms with Crippen LogP contribution in [0.25, 0.3) is 0 Å². The van der Waals surface area contributed by atoms with Gasteiger partial charge in [0.1, 0.15) is 90.3 Å². The summed E-state index contributed by atoms with van der Waals surface area (Å²) in [5.41, 5.74) is 27.0. The van der Waals surface area contributed by atoms with Crippen LogP contribution in [0.3, 0.4) is 0 Å². The van der Waals surface area contributed by atoms with Crippen molar-refractivity contribution < 1.29 is 107 Å². The number of aliphatic carboxylic acids is 3. The van der Waals surface area contributed by atoms with Gasteiger partial charge < -0.3 is 118 Å². The number of carbonyl (C=O) groups is 18. The number of amides is 15. The molecule has 0 bridgehead atoms. The van der Waals surface area contributed by atoms with E-state index in [1.54, 1.807) is 182 Å². The zero-order valence-corrected chi connectivity index (χ0v) is 78.1. The van der Waals surface area contributed by atoms with Crippen LogP contribution >= 0.6 is 0 Å². The molecule has 0 heterocycles. The minimum absolute atomic E-state index is 0.0216. The number of hydrogen-bond acceptors (Lipinski definition) is 22. The van der Waals surface area contributed by atoms with Gasteiger partial charge >= 0.3 is 17.9 Å². The van der Waals surface area contributed by atoms with E-state index in [0.29, 0.717) is 45.4 Å². The molecule has 750 valence electrons. The molecule has 40 nitrogen and oxygen atoms in total. The third-order valence-corrected chi connectivity index (χ3v) is 22.7. The third kappa shape index (κ3) is 40.5. The van der Waals surface area contributed by atoms with E-state index in [1.807, 2.05) is 0 Å². The zero-order chi connectivity index (χ0) is 102. The summed E-state index contributed by atoms with van der Waals surface area (Å²) < 4.78 is 0. The summed E-state index contributed by atoms with van der Waals surface area (Å²) in [6.45, 7) is 2.88. The maximum atomic E-state index is 15.3. The number of primary amides is 1. The second kappa shape index (κ2) is 59.6. The molecule has 0 aliphatic heterocycles. The molecule has 14 unspecified atom stereocenters. The molecular weight excluding hydrogens is 1810 g/mol. The largest absolute Gasteiger partial charge is 0.508 e. The van der Waals surface area contributed by atoms with Crippen molar-refractivity contribution >= 4 is 107 Å². The monoisotopic (exact) mass is 1930 g/mol. The lowest BCUT2D eigenvalue weighted by Gasteiger charge is -2.29. The van der Waals surface area contributed by atoms with Gasteiger partial charge in [0, 0.05) is 64.7 Å². The molecule has 0 radical (unpaired) electrons. The smallest absolute Gasteiger partial charge is 0.305 e. The molecule has 15 amide bonds. The van der Waals surface area contributed by atoms with Gasteiger partial charge in [0.2, 0.25) is 88.6 Å². The number of rotatable bonds is 62. The Morgan fingerprint density at radius 1 is 0.243 bits per heavy atom. The van der Waals surface area contributed by atoms with Crippen LogP contribution < -0.4 is 97.4 Å². The van der Waals surface area contributed by atoms with Gasteiger partial charge in [-0.15, -0.1) is 0 Å².